The van der Waals surface area contributed by atoms with Gasteiger partial charge >= 0.3 is 0 Å². The van der Waals surface area contributed by atoms with Gasteiger partial charge in [0.15, 0.2) is 0 Å². The summed E-state index contributed by atoms with van der Waals surface area (Å²) in [7, 11) is -3.89. The van der Waals surface area contributed by atoms with Crippen LogP contribution in [0.3, 0.4) is 0 Å². The molecule has 1 N–H and O–H groups in total. The molecule has 0 aromatic heterocycles. The number of para-hydroxylation sites is 2. The molecule has 0 radical (unpaired) electrons. The standard InChI is InChI=1S/C31H38BrN3O5S/c1-5-23(3)33-31(37)28(20-24-12-8-7-9-13-24)34(21-25-16-18-26(32)19-17-25)30(36)22-35(41(4,38)39)27-14-10-11-15-29(27)40-6-2/h7-19,23,28H,5-6,20-22H2,1-4H3,(H,33,37)/t23-,28+/m1/s1. The van der Waals surface area contributed by atoms with Gasteiger partial charge in [-0.1, -0.05) is 77.5 Å². The molecule has 0 aliphatic heterocycles. The molecule has 2 atom stereocenters. The number of anilines is 1. The van der Waals surface area contributed by atoms with Crippen LogP contribution in [0, 0.1) is 0 Å². The number of halogens is 1. The number of ether oxygens (including phenoxy) is 1. The van der Waals surface area contributed by atoms with Gasteiger partial charge in [-0.2, -0.15) is 0 Å². The summed E-state index contributed by atoms with van der Waals surface area (Å²) < 4.78 is 33.7. The zero-order valence-electron chi connectivity index (χ0n) is 23.9. The fraction of sp³-hybridized carbons (Fsp3) is 0.355. The Morgan fingerprint density at radius 2 is 1.56 bits per heavy atom. The third-order valence-electron chi connectivity index (χ3n) is 6.65. The maximum Gasteiger partial charge on any atom is 0.244 e. The second-order valence-electron chi connectivity index (χ2n) is 9.84. The first-order valence-electron chi connectivity index (χ1n) is 13.6. The minimum atomic E-state index is -3.89. The van der Waals surface area contributed by atoms with Crippen LogP contribution < -0.4 is 14.4 Å². The van der Waals surface area contributed by atoms with Crippen molar-refractivity contribution in [3.8, 4) is 5.75 Å². The Bertz CT molecular complexity index is 1400. The third kappa shape index (κ3) is 9.33. The first-order valence-corrected chi connectivity index (χ1v) is 16.2. The number of carbonyl (C=O) groups excluding carboxylic acids is 2. The number of nitrogens with zero attached hydrogens (tertiary/aromatic N) is 2. The van der Waals surface area contributed by atoms with Crippen LogP contribution >= 0.6 is 15.9 Å². The van der Waals surface area contributed by atoms with E-state index in [9.17, 15) is 18.0 Å². The van der Waals surface area contributed by atoms with Gasteiger partial charge in [0.25, 0.3) is 0 Å². The molecule has 0 heterocycles. The minimum Gasteiger partial charge on any atom is -0.492 e. The molecule has 41 heavy (non-hydrogen) atoms. The van der Waals surface area contributed by atoms with Crippen LogP contribution in [-0.4, -0.2) is 56.6 Å². The van der Waals surface area contributed by atoms with Crippen molar-refractivity contribution in [2.24, 2.45) is 0 Å². The van der Waals surface area contributed by atoms with Gasteiger partial charge < -0.3 is 15.0 Å². The zero-order valence-corrected chi connectivity index (χ0v) is 26.3. The molecule has 3 aromatic carbocycles. The van der Waals surface area contributed by atoms with Crippen molar-refractivity contribution in [1.82, 2.24) is 10.2 Å². The van der Waals surface area contributed by atoms with Gasteiger partial charge in [-0.25, -0.2) is 8.42 Å². The van der Waals surface area contributed by atoms with Crippen LogP contribution in [0.4, 0.5) is 5.69 Å². The highest BCUT2D eigenvalue weighted by Crippen LogP contribution is 2.30. The van der Waals surface area contributed by atoms with Crippen molar-refractivity contribution in [2.45, 2.75) is 52.2 Å². The van der Waals surface area contributed by atoms with Crippen LogP contribution in [0.15, 0.2) is 83.3 Å². The van der Waals surface area contributed by atoms with Crippen molar-refractivity contribution in [1.29, 1.82) is 0 Å². The molecule has 3 rings (SSSR count). The number of hydrogen-bond acceptors (Lipinski definition) is 5. The summed E-state index contributed by atoms with van der Waals surface area (Å²) in [6.45, 7) is 5.63. The Hall–Kier alpha value is -3.37. The first kappa shape index (κ1) is 32.1. The van der Waals surface area contributed by atoms with Gasteiger partial charge in [-0.3, -0.25) is 13.9 Å². The molecule has 10 heteroatoms. The summed E-state index contributed by atoms with van der Waals surface area (Å²) in [6, 6.07) is 22.7. The van der Waals surface area contributed by atoms with Crippen LogP contribution in [0.5, 0.6) is 5.75 Å². The number of hydrogen-bond donors (Lipinski definition) is 1. The highest BCUT2D eigenvalue weighted by molar-refractivity contribution is 9.10. The lowest BCUT2D eigenvalue weighted by molar-refractivity contribution is -0.140. The predicted molar refractivity (Wildman–Crippen MR) is 166 cm³/mol. The molecule has 3 aromatic rings. The van der Waals surface area contributed by atoms with E-state index in [0.717, 1.165) is 32.6 Å². The first-order chi connectivity index (χ1) is 19.5. The Labute approximate surface area is 251 Å². The van der Waals surface area contributed by atoms with E-state index in [2.05, 4.69) is 21.2 Å². The summed E-state index contributed by atoms with van der Waals surface area (Å²) in [5.41, 5.74) is 1.95. The molecular weight excluding hydrogens is 606 g/mol. The lowest BCUT2D eigenvalue weighted by Crippen LogP contribution is -2.54. The predicted octanol–water partition coefficient (Wildman–Crippen LogP) is 5.17. The molecule has 0 saturated heterocycles. The molecule has 0 aliphatic rings. The van der Waals surface area contributed by atoms with Gasteiger partial charge in [0.05, 0.1) is 18.6 Å². The van der Waals surface area contributed by atoms with E-state index < -0.39 is 28.5 Å². The minimum absolute atomic E-state index is 0.101. The zero-order chi connectivity index (χ0) is 30.0. The van der Waals surface area contributed by atoms with Crippen molar-refractivity contribution >= 4 is 43.5 Å². The molecule has 0 bridgehead atoms. The highest BCUT2D eigenvalue weighted by atomic mass is 79.9. The van der Waals surface area contributed by atoms with Crippen LogP contribution in [0.1, 0.15) is 38.3 Å². The Kier molecular flexibility index (Phi) is 11.8. The molecule has 220 valence electrons. The van der Waals surface area contributed by atoms with Crippen LogP contribution in [-0.2, 0) is 32.6 Å². The third-order valence-corrected chi connectivity index (χ3v) is 8.31. The van der Waals surface area contributed by atoms with Gasteiger partial charge in [0, 0.05) is 23.5 Å². The monoisotopic (exact) mass is 643 g/mol. The molecule has 2 amide bonds. The molecule has 0 unspecified atom stereocenters. The van der Waals surface area contributed by atoms with E-state index in [1.165, 1.54) is 4.90 Å². The fourth-order valence-electron chi connectivity index (χ4n) is 4.32. The fourth-order valence-corrected chi connectivity index (χ4v) is 5.43. The van der Waals surface area contributed by atoms with Gasteiger partial charge in [-0.15, -0.1) is 0 Å². The molecule has 0 aliphatic carbocycles. The average molecular weight is 645 g/mol. The van der Waals surface area contributed by atoms with Gasteiger partial charge in [0.2, 0.25) is 21.8 Å². The van der Waals surface area contributed by atoms with Crippen molar-refractivity contribution in [2.75, 3.05) is 23.7 Å². The van der Waals surface area contributed by atoms with E-state index in [0.29, 0.717) is 12.4 Å². The number of nitrogens with one attached hydrogen (secondary N) is 1. The molecular formula is C31H38BrN3O5S. The average Bonchev–Trinajstić information content (AvgIpc) is 2.95. The number of rotatable bonds is 14. The largest absolute Gasteiger partial charge is 0.492 e. The van der Waals surface area contributed by atoms with E-state index in [1.807, 2.05) is 68.4 Å². The lowest BCUT2D eigenvalue weighted by Gasteiger charge is -2.34. The Morgan fingerprint density at radius 1 is 0.927 bits per heavy atom. The van der Waals surface area contributed by atoms with E-state index in [-0.39, 0.29) is 30.6 Å². The maximum atomic E-state index is 14.2. The number of benzene rings is 3. The summed E-state index contributed by atoms with van der Waals surface area (Å²) in [6.07, 6.45) is 2.04. The Balaban J connectivity index is 2.08. The summed E-state index contributed by atoms with van der Waals surface area (Å²) in [5, 5.41) is 3.03. The lowest BCUT2D eigenvalue weighted by atomic mass is 10.0. The summed E-state index contributed by atoms with van der Waals surface area (Å²) in [4.78, 5) is 29.4. The highest BCUT2D eigenvalue weighted by Gasteiger charge is 2.34. The number of amides is 2. The van der Waals surface area contributed by atoms with Gasteiger partial charge in [-0.05, 0) is 55.7 Å². The second kappa shape index (κ2) is 15.0. The molecule has 0 spiro atoms. The van der Waals surface area contributed by atoms with Crippen molar-refractivity contribution in [3.05, 3.63) is 94.5 Å². The smallest absolute Gasteiger partial charge is 0.244 e. The summed E-state index contributed by atoms with van der Waals surface area (Å²) in [5.74, 6) is -0.456. The van der Waals surface area contributed by atoms with E-state index in [1.54, 1.807) is 31.2 Å². The maximum absolute atomic E-state index is 14.2. The number of sulfonamides is 1. The molecule has 0 saturated carbocycles. The van der Waals surface area contributed by atoms with Crippen LogP contribution in [0.25, 0.3) is 0 Å². The van der Waals surface area contributed by atoms with Crippen molar-refractivity contribution in [3.63, 3.8) is 0 Å². The quantitative estimate of drug-likeness (QED) is 0.262. The van der Waals surface area contributed by atoms with Gasteiger partial charge in [0.1, 0.15) is 18.3 Å². The summed E-state index contributed by atoms with van der Waals surface area (Å²) >= 11 is 3.44. The normalized spacial score (nSPS) is 12.7. The molecule has 8 nitrogen and oxygen atoms in total. The Morgan fingerprint density at radius 3 is 2.17 bits per heavy atom. The molecule has 0 fully saturated rings. The second-order valence-corrected chi connectivity index (χ2v) is 12.7. The SMILES string of the molecule is CCOc1ccccc1N(CC(=O)N(Cc1ccc(Br)cc1)[C@@H](Cc1ccccc1)C(=O)N[C@H](C)CC)S(C)(=O)=O. The van der Waals surface area contributed by atoms with E-state index >= 15 is 0 Å². The number of carbonyl (C=O) groups is 2. The van der Waals surface area contributed by atoms with Crippen LogP contribution in [0.2, 0.25) is 0 Å². The topological polar surface area (TPSA) is 96.0 Å². The van der Waals surface area contributed by atoms with E-state index in [4.69, 9.17) is 4.74 Å². The van der Waals surface area contributed by atoms with Crippen molar-refractivity contribution < 1.29 is 22.7 Å².